The summed E-state index contributed by atoms with van der Waals surface area (Å²) in [7, 11) is 0. The van der Waals surface area contributed by atoms with Gasteiger partial charge in [-0.05, 0) is 31.6 Å². The third-order valence-electron chi connectivity index (χ3n) is 3.46. The van der Waals surface area contributed by atoms with Gasteiger partial charge in [-0.2, -0.15) is 0 Å². The highest BCUT2D eigenvalue weighted by atomic mass is 16.4. The molecule has 1 aliphatic rings. The number of hydrogen-bond acceptors (Lipinski definition) is 1. The molecule has 14 heavy (non-hydrogen) atoms. The fraction of sp³-hybridized carbons (Fsp3) is 0.917. The summed E-state index contributed by atoms with van der Waals surface area (Å²) in [6, 6.07) is 0. The normalized spacial score (nSPS) is 21.1. The van der Waals surface area contributed by atoms with E-state index in [9.17, 15) is 9.90 Å². The first-order valence-electron chi connectivity index (χ1n) is 5.80. The Morgan fingerprint density at radius 3 is 2.29 bits per heavy atom. The molecule has 0 spiro atoms. The maximum absolute atomic E-state index is 11.3. The lowest BCUT2D eigenvalue weighted by Gasteiger charge is -2.33. The zero-order valence-electron chi connectivity index (χ0n) is 9.38. The van der Waals surface area contributed by atoms with Crippen LogP contribution in [-0.4, -0.2) is 11.1 Å². The predicted octanol–water partition coefficient (Wildman–Crippen LogP) is 3.46. The summed E-state index contributed by atoms with van der Waals surface area (Å²) >= 11 is 0. The standard InChI is InChI=1S/C12H22O2/c1-10(2)6-9-12(11(13)14)7-4-3-5-8-12/h10H,3-9H2,1-2H3,(H,13,14). The number of hydrogen-bond donors (Lipinski definition) is 1. The molecule has 1 saturated carbocycles. The van der Waals surface area contributed by atoms with E-state index in [0.717, 1.165) is 38.5 Å². The zero-order chi connectivity index (χ0) is 10.6. The molecule has 0 unspecified atom stereocenters. The Labute approximate surface area is 86.7 Å². The van der Waals surface area contributed by atoms with Crippen molar-refractivity contribution in [3.05, 3.63) is 0 Å². The lowest BCUT2D eigenvalue weighted by Crippen LogP contribution is -2.33. The quantitative estimate of drug-likeness (QED) is 0.751. The van der Waals surface area contributed by atoms with Gasteiger partial charge < -0.3 is 5.11 Å². The van der Waals surface area contributed by atoms with E-state index < -0.39 is 5.97 Å². The lowest BCUT2D eigenvalue weighted by atomic mass is 9.70. The molecule has 1 rings (SSSR count). The largest absolute Gasteiger partial charge is 0.481 e. The van der Waals surface area contributed by atoms with Crippen molar-refractivity contribution in [2.24, 2.45) is 11.3 Å². The van der Waals surface area contributed by atoms with Gasteiger partial charge >= 0.3 is 5.97 Å². The van der Waals surface area contributed by atoms with Crippen LogP contribution in [0.3, 0.4) is 0 Å². The minimum Gasteiger partial charge on any atom is -0.481 e. The van der Waals surface area contributed by atoms with Crippen LogP contribution in [0, 0.1) is 11.3 Å². The molecule has 1 fully saturated rings. The van der Waals surface area contributed by atoms with E-state index in [1.54, 1.807) is 0 Å². The molecule has 0 aromatic carbocycles. The van der Waals surface area contributed by atoms with Gasteiger partial charge in [-0.25, -0.2) is 0 Å². The zero-order valence-corrected chi connectivity index (χ0v) is 9.38. The second-order valence-electron chi connectivity index (χ2n) is 5.08. The summed E-state index contributed by atoms with van der Waals surface area (Å²) in [4.78, 5) is 11.3. The second-order valence-corrected chi connectivity index (χ2v) is 5.08. The summed E-state index contributed by atoms with van der Waals surface area (Å²) in [5.74, 6) is 0.0611. The SMILES string of the molecule is CC(C)CCC1(C(=O)O)CCCCC1. The van der Waals surface area contributed by atoms with E-state index in [1.165, 1.54) is 6.42 Å². The van der Waals surface area contributed by atoms with Crippen molar-refractivity contribution in [3.8, 4) is 0 Å². The molecule has 0 aromatic rings. The van der Waals surface area contributed by atoms with Crippen molar-refractivity contribution >= 4 is 5.97 Å². The number of aliphatic carboxylic acids is 1. The van der Waals surface area contributed by atoms with Gasteiger partial charge in [-0.3, -0.25) is 4.79 Å². The van der Waals surface area contributed by atoms with Crippen LogP contribution in [0.5, 0.6) is 0 Å². The summed E-state index contributed by atoms with van der Waals surface area (Å²) in [6.07, 6.45) is 7.14. The van der Waals surface area contributed by atoms with Gasteiger partial charge in [0.1, 0.15) is 0 Å². The molecule has 2 nitrogen and oxygen atoms in total. The molecule has 1 N–H and O–H groups in total. The molecule has 0 amide bonds. The van der Waals surface area contributed by atoms with Crippen molar-refractivity contribution in [1.82, 2.24) is 0 Å². The molecule has 0 atom stereocenters. The molecule has 0 aliphatic heterocycles. The van der Waals surface area contributed by atoms with Gasteiger partial charge in [0.25, 0.3) is 0 Å². The van der Waals surface area contributed by atoms with Crippen LogP contribution < -0.4 is 0 Å². The first-order chi connectivity index (χ1) is 6.57. The number of rotatable bonds is 4. The van der Waals surface area contributed by atoms with Crippen molar-refractivity contribution in [2.45, 2.75) is 58.8 Å². The Morgan fingerprint density at radius 1 is 1.29 bits per heavy atom. The molecule has 0 radical (unpaired) electrons. The van der Waals surface area contributed by atoms with Crippen LogP contribution in [0.2, 0.25) is 0 Å². The van der Waals surface area contributed by atoms with Crippen molar-refractivity contribution in [1.29, 1.82) is 0 Å². The van der Waals surface area contributed by atoms with Crippen molar-refractivity contribution in [2.75, 3.05) is 0 Å². The smallest absolute Gasteiger partial charge is 0.309 e. The predicted molar refractivity (Wildman–Crippen MR) is 57.2 cm³/mol. The van der Waals surface area contributed by atoms with E-state index in [0.29, 0.717) is 5.92 Å². The number of carbonyl (C=O) groups is 1. The van der Waals surface area contributed by atoms with E-state index in [2.05, 4.69) is 13.8 Å². The maximum Gasteiger partial charge on any atom is 0.309 e. The van der Waals surface area contributed by atoms with E-state index >= 15 is 0 Å². The Morgan fingerprint density at radius 2 is 1.86 bits per heavy atom. The highest BCUT2D eigenvalue weighted by Gasteiger charge is 2.38. The fourth-order valence-electron chi connectivity index (χ4n) is 2.36. The van der Waals surface area contributed by atoms with Gasteiger partial charge in [0, 0.05) is 0 Å². The molecule has 0 bridgehead atoms. The third kappa shape index (κ3) is 2.73. The Hall–Kier alpha value is -0.530. The Balaban J connectivity index is 2.56. The third-order valence-corrected chi connectivity index (χ3v) is 3.46. The van der Waals surface area contributed by atoms with Crippen LogP contribution in [0.1, 0.15) is 58.8 Å². The summed E-state index contributed by atoms with van der Waals surface area (Å²) in [6.45, 7) is 4.33. The van der Waals surface area contributed by atoms with Crippen LogP contribution in [0.25, 0.3) is 0 Å². The molecule has 0 saturated heterocycles. The van der Waals surface area contributed by atoms with Crippen LogP contribution in [-0.2, 0) is 4.79 Å². The minimum absolute atomic E-state index is 0.372. The van der Waals surface area contributed by atoms with E-state index in [-0.39, 0.29) is 5.41 Å². The Kier molecular flexibility index (Phi) is 3.97. The fourth-order valence-corrected chi connectivity index (χ4v) is 2.36. The summed E-state index contributed by atoms with van der Waals surface area (Å²) in [5.41, 5.74) is -0.372. The number of carboxylic acids is 1. The van der Waals surface area contributed by atoms with E-state index in [1.807, 2.05) is 0 Å². The molecule has 0 aromatic heterocycles. The Bertz CT molecular complexity index is 190. The molecule has 82 valence electrons. The maximum atomic E-state index is 11.3. The molecule has 2 heteroatoms. The highest BCUT2D eigenvalue weighted by molar-refractivity contribution is 5.74. The molecule has 0 heterocycles. The first kappa shape index (κ1) is 11.5. The minimum atomic E-state index is -0.558. The second kappa shape index (κ2) is 4.81. The van der Waals surface area contributed by atoms with Crippen LogP contribution in [0.4, 0.5) is 0 Å². The highest BCUT2D eigenvalue weighted by Crippen LogP contribution is 2.41. The summed E-state index contributed by atoms with van der Waals surface area (Å²) in [5, 5.41) is 9.30. The van der Waals surface area contributed by atoms with Crippen LogP contribution in [0.15, 0.2) is 0 Å². The average Bonchev–Trinajstić information content (AvgIpc) is 2.16. The molecule has 1 aliphatic carbocycles. The monoisotopic (exact) mass is 198 g/mol. The topological polar surface area (TPSA) is 37.3 Å². The molecular weight excluding hydrogens is 176 g/mol. The van der Waals surface area contributed by atoms with Gasteiger partial charge in [0.05, 0.1) is 5.41 Å². The van der Waals surface area contributed by atoms with E-state index in [4.69, 9.17) is 0 Å². The van der Waals surface area contributed by atoms with Gasteiger partial charge in [0.15, 0.2) is 0 Å². The van der Waals surface area contributed by atoms with Crippen LogP contribution >= 0.6 is 0 Å². The first-order valence-corrected chi connectivity index (χ1v) is 5.80. The molecular formula is C12H22O2. The lowest BCUT2D eigenvalue weighted by molar-refractivity contribution is -0.151. The van der Waals surface area contributed by atoms with Crippen molar-refractivity contribution in [3.63, 3.8) is 0 Å². The van der Waals surface area contributed by atoms with Crippen molar-refractivity contribution < 1.29 is 9.90 Å². The van der Waals surface area contributed by atoms with Gasteiger partial charge in [-0.15, -0.1) is 0 Å². The average molecular weight is 198 g/mol. The summed E-state index contributed by atoms with van der Waals surface area (Å²) < 4.78 is 0. The number of carboxylic acid groups (broad SMARTS) is 1. The van der Waals surface area contributed by atoms with Gasteiger partial charge in [0.2, 0.25) is 0 Å². The van der Waals surface area contributed by atoms with Gasteiger partial charge in [-0.1, -0.05) is 33.1 Å².